The molecule has 1 aromatic carbocycles. The highest BCUT2D eigenvalue weighted by molar-refractivity contribution is 7.91. The number of benzene rings is 1. The minimum atomic E-state index is -2.90. The number of rotatable bonds is 9. The predicted molar refractivity (Wildman–Crippen MR) is 121 cm³/mol. The number of carbonyl (C=O) groups excluding carboxylic acids is 1. The van der Waals surface area contributed by atoms with Gasteiger partial charge in [0, 0.05) is 32.1 Å². The minimum absolute atomic E-state index is 0.0504. The van der Waals surface area contributed by atoms with Crippen LogP contribution in [0.4, 0.5) is 0 Å². The quantitative estimate of drug-likeness (QED) is 0.593. The van der Waals surface area contributed by atoms with Gasteiger partial charge in [0.15, 0.2) is 9.84 Å². The standard InChI is InChI=1S/C23H37N3O3S/c1-24-13-8-21(9-14-24)18-26(16-10-20-6-4-3-5-7-20)23(27)11-15-25(2)22-12-17-30(28,29)19-22/h3-7,21-22H,8-19H2,1-2H3/t22-/m0/s1. The van der Waals surface area contributed by atoms with Crippen LogP contribution in [0, 0.1) is 5.92 Å². The van der Waals surface area contributed by atoms with E-state index in [2.05, 4.69) is 33.9 Å². The van der Waals surface area contributed by atoms with E-state index in [1.165, 1.54) is 5.56 Å². The second-order valence-corrected chi connectivity index (χ2v) is 11.3. The molecule has 0 aromatic heterocycles. The van der Waals surface area contributed by atoms with Gasteiger partial charge < -0.3 is 14.7 Å². The van der Waals surface area contributed by atoms with Gasteiger partial charge in [-0.25, -0.2) is 8.42 Å². The van der Waals surface area contributed by atoms with Crippen molar-refractivity contribution in [3.63, 3.8) is 0 Å². The first-order chi connectivity index (χ1) is 14.3. The Hall–Kier alpha value is -1.44. The number of piperidine rings is 1. The molecule has 2 heterocycles. The average molecular weight is 436 g/mol. The largest absolute Gasteiger partial charge is 0.342 e. The molecule has 3 rings (SSSR count). The van der Waals surface area contributed by atoms with Crippen molar-refractivity contribution < 1.29 is 13.2 Å². The molecule has 2 fully saturated rings. The van der Waals surface area contributed by atoms with Crippen LogP contribution in [-0.2, 0) is 21.1 Å². The molecule has 2 aliphatic rings. The number of sulfone groups is 1. The molecular formula is C23H37N3O3S. The summed E-state index contributed by atoms with van der Waals surface area (Å²) in [5.74, 6) is 1.26. The van der Waals surface area contributed by atoms with Gasteiger partial charge in [-0.15, -0.1) is 0 Å². The lowest BCUT2D eigenvalue weighted by molar-refractivity contribution is -0.132. The molecule has 0 bridgehead atoms. The summed E-state index contributed by atoms with van der Waals surface area (Å²) in [4.78, 5) is 19.6. The molecule has 7 heteroatoms. The molecule has 168 valence electrons. The molecule has 2 saturated heterocycles. The van der Waals surface area contributed by atoms with Crippen molar-refractivity contribution >= 4 is 15.7 Å². The van der Waals surface area contributed by atoms with Gasteiger partial charge in [0.05, 0.1) is 11.5 Å². The van der Waals surface area contributed by atoms with Crippen LogP contribution in [0.3, 0.4) is 0 Å². The van der Waals surface area contributed by atoms with Gasteiger partial charge in [0.2, 0.25) is 5.91 Å². The topological polar surface area (TPSA) is 60.9 Å². The van der Waals surface area contributed by atoms with E-state index in [0.29, 0.717) is 25.3 Å². The molecule has 1 aromatic rings. The fourth-order valence-corrected chi connectivity index (χ4v) is 6.32. The van der Waals surface area contributed by atoms with E-state index in [-0.39, 0.29) is 23.5 Å². The van der Waals surface area contributed by atoms with E-state index in [1.54, 1.807) is 0 Å². The van der Waals surface area contributed by atoms with E-state index >= 15 is 0 Å². The van der Waals surface area contributed by atoms with Crippen LogP contribution in [-0.4, -0.2) is 93.4 Å². The fourth-order valence-electron chi connectivity index (χ4n) is 4.52. The molecule has 0 saturated carbocycles. The van der Waals surface area contributed by atoms with Crippen LogP contribution < -0.4 is 0 Å². The third-order valence-corrected chi connectivity index (χ3v) is 8.44. The molecule has 0 N–H and O–H groups in total. The highest BCUT2D eigenvalue weighted by Crippen LogP contribution is 2.19. The van der Waals surface area contributed by atoms with Crippen molar-refractivity contribution in [2.45, 2.75) is 38.1 Å². The second kappa shape index (κ2) is 10.7. The molecule has 0 radical (unpaired) electrons. The van der Waals surface area contributed by atoms with E-state index in [4.69, 9.17) is 0 Å². The van der Waals surface area contributed by atoms with Gasteiger partial charge in [-0.2, -0.15) is 0 Å². The summed E-state index contributed by atoms with van der Waals surface area (Å²) in [5, 5.41) is 0. The molecule has 30 heavy (non-hydrogen) atoms. The maximum Gasteiger partial charge on any atom is 0.223 e. The van der Waals surface area contributed by atoms with Gasteiger partial charge >= 0.3 is 0 Å². The van der Waals surface area contributed by atoms with Crippen LogP contribution in [0.1, 0.15) is 31.2 Å². The first-order valence-electron chi connectivity index (χ1n) is 11.2. The number of hydrogen-bond donors (Lipinski definition) is 0. The summed E-state index contributed by atoms with van der Waals surface area (Å²) in [7, 11) is 1.21. The second-order valence-electron chi connectivity index (χ2n) is 9.11. The molecule has 0 unspecified atom stereocenters. The van der Waals surface area contributed by atoms with Gasteiger partial charge in [0.25, 0.3) is 0 Å². The third kappa shape index (κ3) is 7.06. The van der Waals surface area contributed by atoms with Crippen molar-refractivity contribution in [2.24, 2.45) is 5.92 Å². The Labute approximate surface area is 182 Å². The summed E-state index contributed by atoms with van der Waals surface area (Å²) in [6, 6.07) is 10.4. The number of carbonyl (C=O) groups is 1. The molecular weight excluding hydrogens is 398 g/mol. The maximum absolute atomic E-state index is 13.1. The van der Waals surface area contributed by atoms with E-state index in [1.807, 2.05) is 25.2 Å². The van der Waals surface area contributed by atoms with Crippen LogP contribution in [0.2, 0.25) is 0 Å². The first-order valence-corrected chi connectivity index (χ1v) is 13.1. The lowest BCUT2D eigenvalue weighted by Gasteiger charge is -2.34. The fraction of sp³-hybridized carbons (Fsp3) is 0.696. The monoisotopic (exact) mass is 435 g/mol. The Bertz CT molecular complexity index is 776. The zero-order chi connectivity index (χ0) is 21.6. The average Bonchev–Trinajstić information content (AvgIpc) is 3.11. The molecule has 1 atom stereocenters. The van der Waals surface area contributed by atoms with Gasteiger partial charge in [0.1, 0.15) is 0 Å². The Morgan fingerprint density at radius 1 is 1.10 bits per heavy atom. The van der Waals surface area contributed by atoms with E-state index < -0.39 is 9.84 Å². The molecule has 2 aliphatic heterocycles. The molecule has 0 aliphatic carbocycles. The SMILES string of the molecule is CN1CCC(CN(CCc2ccccc2)C(=O)CCN(C)[C@H]2CCS(=O)(=O)C2)CC1. The summed E-state index contributed by atoms with van der Waals surface area (Å²) in [6.07, 6.45) is 4.29. The summed E-state index contributed by atoms with van der Waals surface area (Å²) in [6.45, 7) is 4.40. The van der Waals surface area contributed by atoms with Crippen LogP contribution in [0.25, 0.3) is 0 Å². The Balaban J connectivity index is 1.54. The Morgan fingerprint density at radius 3 is 2.43 bits per heavy atom. The van der Waals surface area contributed by atoms with Crippen molar-refractivity contribution in [3.8, 4) is 0 Å². The third-order valence-electron chi connectivity index (χ3n) is 6.69. The number of amides is 1. The first kappa shape index (κ1) is 23.2. The van der Waals surface area contributed by atoms with Gasteiger partial charge in [-0.1, -0.05) is 30.3 Å². The smallest absolute Gasteiger partial charge is 0.223 e. The van der Waals surface area contributed by atoms with E-state index in [0.717, 1.165) is 45.4 Å². The molecule has 6 nitrogen and oxygen atoms in total. The normalized spacial score (nSPS) is 22.4. The van der Waals surface area contributed by atoms with Crippen molar-refractivity contribution in [1.29, 1.82) is 0 Å². The van der Waals surface area contributed by atoms with Crippen molar-refractivity contribution in [3.05, 3.63) is 35.9 Å². The highest BCUT2D eigenvalue weighted by Gasteiger charge is 2.31. The predicted octanol–water partition coefficient (Wildman–Crippen LogP) is 1.91. The van der Waals surface area contributed by atoms with Crippen LogP contribution >= 0.6 is 0 Å². The van der Waals surface area contributed by atoms with Crippen molar-refractivity contribution in [2.75, 3.05) is 58.3 Å². The maximum atomic E-state index is 13.1. The van der Waals surface area contributed by atoms with Gasteiger partial charge in [-0.3, -0.25) is 4.79 Å². The van der Waals surface area contributed by atoms with Gasteiger partial charge in [-0.05, 0) is 64.3 Å². The van der Waals surface area contributed by atoms with Crippen LogP contribution in [0.15, 0.2) is 30.3 Å². The van der Waals surface area contributed by atoms with Crippen molar-refractivity contribution in [1.82, 2.24) is 14.7 Å². The minimum Gasteiger partial charge on any atom is -0.342 e. The lowest BCUT2D eigenvalue weighted by Crippen LogP contribution is -2.42. The Kier molecular flexibility index (Phi) is 8.31. The lowest BCUT2D eigenvalue weighted by atomic mass is 9.96. The number of likely N-dealkylation sites (tertiary alicyclic amines) is 1. The summed E-state index contributed by atoms with van der Waals surface area (Å²) in [5.41, 5.74) is 1.26. The summed E-state index contributed by atoms with van der Waals surface area (Å²) < 4.78 is 23.5. The highest BCUT2D eigenvalue weighted by atomic mass is 32.2. The molecule has 1 amide bonds. The molecule has 0 spiro atoms. The zero-order valence-corrected chi connectivity index (χ0v) is 19.3. The number of nitrogens with zero attached hydrogens (tertiary/aromatic N) is 3. The Morgan fingerprint density at radius 2 is 1.80 bits per heavy atom. The summed E-state index contributed by atoms with van der Waals surface area (Å²) >= 11 is 0. The number of hydrogen-bond acceptors (Lipinski definition) is 5. The zero-order valence-electron chi connectivity index (χ0n) is 18.5. The van der Waals surface area contributed by atoms with E-state index in [9.17, 15) is 13.2 Å². The van der Waals surface area contributed by atoms with Crippen LogP contribution in [0.5, 0.6) is 0 Å².